The number of fused-ring (bicyclic) bond motifs is 2. The second kappa shape index (κ2) is 8.16. The fourth-order valence-corrected chi connectivity index (χ4v) is 3.78. The molecule has 0 atom stereocenters. The SMILES string of the molecule is COCCn1ccc2c(NC(=O)c3cn(C(C)C)c(=O)c4ccccc34)cccc21. The number of hydrogen-bond donors (Lipinski definition) is 1. The maximum atomic E-state index is 13.3. The fraction of sp³-hybridized carbons (Fsp3) is 0.250. The number of methoxy groups -OCH3 is 1. The van der Waals surface area contributed by atoms with Crippen LogP contribution in [0.4, 0.5) is 5.69 Å². The Kier molecular flexibility index (Phi) is 5.42. The number of carbonyl (C=O) groups is 1. The lowest BCUT2D eigenvalue weighted by Gasteiger charge is -2.15. The summed E-state index contributed by atoms with van der Waals surface area (Å²) in [6.45, 7) is 5.22. The van der Waals surface area contributed by atoms with Gasteiger partial charge in [0.2, 0.25) is 0 Å². The van der Waals surface area contributed by atoms with Gasteiger partial charge in [0.25, 0.3) is 11.5 Å². The van der Waals surface area contributed by atoms with Crippen LogP contribution in [-0.2, 0) is 11.3 Å². The molecule has 30 heavy (non-hydrogen) atoms. The van der Waals surface area contributed by atoms with Gasteiger partial charge in [-0.3, -0.25) is 9.59 Å². The van der Waals surface area contributed by atoms with Gasteiger partial charge in [0.15, 0.2) is 0 Å². The number of ether oxygens (including phenoxy) is 1. The molecule has 1 N–H and O–H groups in total. The average molecular weight is 403 g/mol. The van der Waals surface area contributed by atoms with Gasteiger partial charge < -0.3 is 19.2 Å². The number of nitrogens with zero attached hydrogens (tertiary/aromatic N) is 2. The molecule has 0 aliphatic carbocycles. The van der Waals surface area contributed by atoms with Gasteiger partial charge in [-0.2, -0.15) is 0 Å². The van der Waals surface area contributed by atoms with Crippen LogP contribution < -0.4 is 10.9 Å². The summed E-state index contributed by atoms with van der Waals surface area (Å²) in [5.74, 6) is -0.238. The zero-order valence-electron chi connectivity index (χ0n) is 17.4. The van der Waals surface area contributed by atoms with Crippen LogP contribution in [-0.4, -0.2) is 28.8 Å². The number of anilines is 1. The Hall–Kier alpha value is -3.38. The smallest absolute Gasteiger partial charge is 0.258 e. The molecule has 0 aliphatic rings. The Balaban J connectivity index is 1.76. The molecule has 4 rings (SSSR count). The van der Waals surface area contributed by atoms with E-state index in [4.69, 9.17) is 4.74 Å². The summed E-state index contributed by atoms with van der Waals surface area (Å²) in [6.07, 6.45) is 3.66. The molecular formula is C24H25N3O3. The number of amides is 1. The van der Waals surface area contributed by atoms with Gasteiger partial charge in [0, 0.05) is 48.2 Å². The van der Waals surface area contributed by atoms with Crippen molar-refractivity contribution in [3.8, 4) is 0 Å². The van der Waals surface area contributed by atoms with Crippen molar-refractivity contribution in [1.29, 1.82) is 0 Å². The van der Waals surface area contributed by atoms with Crippen molar-refractivity contribution >= 4 is 33.3 Å². The van der Waals surface area contributed by atoms with Crippen LogP contribution >= 0.6 is 0 Å². The van der Waals surface area contributed by atoms with E-state index in [9.17, 15) is 9.59 Å². The Morgan fingerprint density at radius 1 is 1.03 bits per heavy atom. The normalized spacial score (nSPS) is 11.5. The molecule has 1 amide bonds. The van der Waals surface area contributed by atoms with Gasteiger partial charge in [-0.1, -0.05) is 24.3 Å². The monoisotopic (exact) mass is 403 g/mol. The first kappa shape index (κ1) is 19.9. The maximum Gasteiger partial charge on any atom is 0.258 e. The molecule has 2 aromatic heterocycles. The molecule has 6 heteroatoms. The lowest BCUT2D eigenvalue weighted by Crippen LogP contribution is -2.25. The summed E-state index contributed by atoms with van der Waals surface area (Å²) in [5, 5.41) is 5.21. The number of rotatable bonds is 6. The Bertz CT molecular complexity index is 1280. The summed E-state index contributed by atoms with van der Waals surface area (Å²) in [5.41, 5.74) is 2.16. The van der Waals surface area contributed by atoms with Crippen molar-refractivity contribution in [3.05, 3.63) is 76.8 Å². The van der Waals surface area contributed by atoms with Gasteiger partial charge in [0.05, 0.1) is 23.4 Å². The minimum Gasteiger partial charge on any atom is -0.383 e. The predicted octanol–water partition coefficient (Wildman–Crippen LogP) is 4.44. The van der Waals surface area contributed by atoms with E-state index in [0.717, 1.165) is 23.1 Å². The van der Waals surface area contributed by atoms with E-state index in [1.165, 1.54) is 0 Å². The highest BCUT2D eigenvalue weighted by Gasteiger charge is 2.17. The number of hydrogen-bond acceptors (Lipinski definition) is 3. The van der Waals surface area contributed by atoms with E-state index in [1.807, 2.05) is 62.5 Å². The Morgan fingerprint density at radius 3 is 2.53 bits per heavy atom. The molecule has 2 heterocycles. The number of nitrogens with one attached hydrogen (secondary N) is 1. The van der Waals surface area contributed by atoms with Crippen LogP contribution in [0, 0.1) is 0 Å². The molecular weight excluding hydrogens is 378 g/mol. The van der Waals surface area contributed by atoms with Crippen molar-refractivity contribution in [1.82, 2.24) is 9.13 Å². The molecule has 6 nitrogen and oxygen atoms in total. The van der Waals surface area contributed by atoms with Crippen LogP contribution in [0.25, 0.3) is 21.7 Å². The first-order chi connectivity index (χ1) is 14.5. The predicted molar refractivity (Wildman–Crippen MR) is 120 cm³/mol. The first-order valence-corrected chi connectivity index (χ1v) is 10.0. The molecule has 4 aromatic rings. The van der Waals surface area contributed by atoms with Crippen molar-refractivity contribution < 1.29 is 9.53 Å². The van der Waals surface area contributed by atoms with Gasteiger partial charge in [0.1, 0.15) is 0 Å². The standard InChI is InChI=1S/C24H25N3O3/c1-16(2)27-15-20(17-7-4-5-8-18(17)24(27)29)23(28)25-21-9-6-10-22-19(21)11-12-26(22)13-14-30-3/h4-12,15-16H,13-14H2,1-3H3,(H,25,28). The largest absolute Gasteiger partial charge is 0.383 e. The summed E-state index contributed by atoms with van der Waals surface area (Å²) < 4.78 is 8.89. The summed E-state index contributed by atoms with van der Waals surface area (Å²) in [6, 6.07) is 15.0. The zero-order chi connectivity index (χ0) is 21.3. The second-order valence-corrected chi connectivity index (χ2v) is 7.59. The molecule has 0 fully saturated rings. The number of carbonyl (C=O) groups excluding carboxylic acids is 1. The molecule has 0 radical (unpaired) electrons. The van der Waals surface area contributed by atoms with Gasteiger partial charge in [-0.05, 0) is 38.1 Å². The minimum absolute atomic E-state index is 0.0492. The second-order valence-electron chi connectivity index (χ2n) is 7.59. The molecule has 0 unspecified atom stereocenters. The van der Waals surface area contributed by atoms with Crippen molar-refractivity contribution in [2.45, 2.75) is 26.4 Å². The van der Waals surface area contributed by atoms with Crippen molar-refractivity contribution in [2.24, 2.45) is 0 Å². The lowest BCUT2D eigenvalue weighted by molar-refractivity contribution is 0.102. The average Bonchev–Trinajstić information content (AvgIpc) is 3.16. The molecule has 0 saturated heterocycles. The van der Waals surface area contributed by atoms with Crippen molar-refractivity contribution in [3.63, 3.8) is 0 Å². The maximum absolute atomic E-state index is 13.3. The molecule has 2 aromatic carbocycles. The third-order valence-electron chi connectivity index (χ3n) is 5.35. The van der Waals surface area contributed by atoms with E-state index >= 15 is 0 Å². The van der Waals surface area contributed by atoms with E-state index < -0.39 is 0 Å². The zero-order valence-corrected chi connectivity index (χ0v) is 17.4. The van der Waals surface area contributed by atoms with Gasteiger partial charge >= 0.3 is 0 Å². The Morgan fingerprint density at radius 2 is 1.80 bits per heavy atom. The number of benzene rings is 2. The highest BCUT2D eigenvalue weighted by atomic mass is 16.5. The van der Waals surface area contributed by atoms with Gasteiger partial charge in [-0.15, -0.1) is 0 Å². The summed E-state index contributed by atoms with van der Waals surface area (Å²) in [4.78, 5) is 26.1. The van der Waals surface area contributed by atoms with E-state index in [1.54, 1.807) is 23.9 Å². The molecule has 0 saturated carbocycles. The third-order valence-corrected chi connectivity index (χ3v) is 5.35. The van der Waals surface area contributed by atoms with Crippen LogP contribution in [0.15, 0.2) is 65.7 Å². The summed E-state index contributed by atoms with van der Waals surface area (Å²) in [7, 11) is 1.68. The van der Waals surface area contributed by atoms with Crippen LogP contribution in [0.1, 0.15) is 30.2 Å². The number of aromatic nitrogens is 2. The quantitative estimate of drug-likeness (QED) is 0.518. The first-order valence-electron chi connectivity index (χ1n) is 10.0. The topological polar surface area (TPSA) is 65.3 Å². The molecule has 0 spiro atoms. The Labute approximate surface area is 174 Å². The molecule has 0 aliphatic heterocycles. The number of pyridine rings is 1. The highest BCUT2D eigenvalue weighted by Crippen LogP contribution is 2.26. The van der Waals surface area contributed by atoms with E-state index in [2.05, 4.69) is 9.88 Å². The lowest BCUT2D eigenvalue weighted by atomic mass is 10.1. The van der Waals surface area contributed by atoms with E-state index in [0.29, 0.717) is 22.9 Å². The molecule has 0 bridgehead atoms. The fourth-order valence-electron chi connectivity index (χ4n) is 3.78. The van der Waals surface area contributed by atoms with Crippen LogP contribution in [0.5, 0.6) is 0 Å². The molecule has 154 valence electrons. The van der Waals surface area contributed by atoms with Crippen LogP contribution in [0.2, 0.25) is 0 Å². The van der Waals surface area contributed by atoms with Crippen molar-refractivity contribution in [2.75, 3.05) is 19.0 Å². The highest BCUT2D eigenvalue weighted by molar-refractivity contribution is 6.14. The summed E-state index contributed by atoms with van der Waals surface area (Å²) >= 11 is 0. The van der Waals surface area contributed by atoms with E-state index in [-0.39, 0.29) is 17.5 Å². The van der Waals surface area contributed by atoms with Crippen LogP contribution in [0.3, 0.4) is 0 Å². The third kappa shape index (κ3) is 3.50. The van der Waals surface area contributed by atoms with Gasteiger partial charge in [-0.25, -0.2) is 0 Å². The minimum atomic E-state index is -0.238.